The maximum Gasteiger partial charge on any atom is 0.262 e. The Hall–Kier alpha value is -3.00. The Kier molecular flexibility index (Phi) is 5.09. The van der Waals surface area contributed by atoms with Crippen LogP contribution >= 0.6 is 0 Å². The molecule has 142 valence electrons. The largest absolute Gasteiger partial charge is 0.497 e. The highest BCUT2D eigenvalue weighted by atomic mass is 32.2. The van der Waals surface area contributed by atoms with Crippen LogP contribution in [0.5, 0.6) is 11.5 Å². The zero-order chi connectivity index (χ0) is 19.6. The number of benzene rings is 2. The van der Waals surface area contributed by atoms with Crippen LogP contribution in [-0.4, -0.2) is 27.8 Å². The van der Waals surface area contributed by atoms with Crippen LogP contribution in [0.3, 0.4) is 0 Å². The maximum atomic E-state index is 12.8. The predicted octanol–water partition coefficient (Wildman–Crippen LogP) is 3.78. The second kappa shape index (κ2) is 7.32. The van der Waals surface area contributed by atoms with E-state index in [1.807, 2.05) is 6.92 Å². The average Bonchev–Trinajstić information content (AvgIpc) is 3.07. The quantitative estimate of drug-likeness (QED) is 0.691. The van der Waals surface area contributed by atoms with Gasteiger partial charge in [0.05, 0.1) is 30.5 Å². The highest BCUT2D eigenvalue weighted by molar-refractivity contribution is 7.92. The number of ether oxygens (including phenoxy) is 2. The van der Waals surface area contributed by atoms with Crippen molar-refractivity contribution in [1.29, 1.82) is 0 Å². The van der Waals surface area contributed by atoms with Crippen molar-refractivity contribution in [3.63, 3.8) is 0 Å². The zero-order valence-corrected chi connectivity index (χ0v) is 16.3. The summed E-state index contributed by atoms with van der Waals surface area (Å²) < 4.78 is 43.8. The van der Waals surface area contributed by atoms with Gasteiger partial charge in [0.2, 0.25) is 0 Å². The smallest absolute Gasteiger partial charge is 0.262 e. The first-order valence-corrected chi connectivity index (χ1v) is 9.61. The molecule has 3 rings (SSSR count). The Bertz CT molecular complexity index is 1050. The molecule has 0 aliphatic carbocycles. The minimum atomic E-state index is -3.80. The molecular formula is C19H20N2O5S. The molecule has 0 aliphatic rings. The number of methoxy groups -OCH3 is 2. The van der Waals surface area contributed by atoms with Gasteiger partial charge in [0.15, 0.2) is 5.76 Å². The van der Waals surface area contributed by atoms with Gasteiger partial charge in [-0.15, -0.1) is 0 Å². The normalized spacial score (nSPS) is 11.3. The lowest BCUT2D eigenvalue weighted by molar-refractivity contribution is 0.395. The molecule has 0 aliphatic heterocycles. The Labute approximate surface area is 158 Å². The summed E-state index contributed by atoms with van der Waals surface area (Å²) in [5, 5.41) is 3.85. The van der Waals surface area contributed by atoms with Gasteiger partial charge in [-0.2, -0.15) is 0 Å². The fraction of sp³-hybridized carbons (Fsp3) is 0.211. The van der Waals surface area contributed by atoms with Gasteiger partial charge in [-0.1, -0.05) is 5.16 Å². The molecule has 0 fully saturated rings. The van der Waals surface area contributed by atoms with Gasteiger partial charge in [0.25, 0.3) is 10.0 Å². The SMILES string of the molecule is COc1cc(NS(=O)(=O)c2ccc(-c3cc(C)no3)cc2C)cc(OC)c1. The summed E-state index contributed by atoms with van der Waals surface area (Å²) in [6.45, 7) is 3.55. The van der Waals surface area contributed by atoms with E-state index < -0.39 is 10.0 Å². The molecule has 2 aromatic carbocycles. The van der Waals surface area contributed by atoms with Crippen molar-refractivity contribution < 1.29 is 22.4 Å². The molecular weight excluding hydrogens is 368 g/mol. The molecule has 0 bridgehead atoms. The van der Waals surface area contributed by atoms with E-state index in [4.69, 9.17) is 14.0 Å². The fourth-order valence-corrected chi connectivity index (χ4v) is 3.95. The van der Waals surface area contributed by atoms with Crippen LogP contribution in [0.15, 0.2) is 51.9 Å². The lowest BCUT2D eigenvalue weighted by Gasteiger charge is -2.13. The highest BCUT2D eigenvalue weighted by Gasteiger charge is 2.19. The number of aromatic nitrogens is 1. The zero-order valence-electron chi connectivity index (χ0n) is 15.4. The van der Waals surface area contributed by atoms with E-state index >= 15 is 0 Å². The Morgan fingerprint density at radius 3 is 2.15 bits per heavy atom. The Morgan fingerprint density at radius 1 is 0.963 bits per heavy atom. The van der Waals surface area contributed by atoms with Crippen molar-refractivity contribution in [2.24, 2.45) is 0 Å². The van der Waals surface area contributed by atoms with Crippen molar-refractivity contribution in [2.75, 3.05) is 18.9 Å². The summed E-state index contributed by atoms with van der Waals surface area (Å²) in [5.74, 6) is 1.56. The van der Waals surface area contributed by atoms with Crippen LogP contribution in [0.25, 0.3) is 11.3 Å². The van der Waals surface area contributed by atoms with Gasteiger partial charge >= 0.3 is 0 Å². The van der Waals surface area contributed by atoms with Gasteiger partial charge in [-0.3, -0.25) is 4.72 Å². The van der Waals surface area contributed by atoms with Crippen LogP contribution in [-0.2, 0) is 10.0 Å². The second-order valence-corrected chi connectivity index (χ2v) is 7.67. The molecule has 0 saturated heterocycles. The lowest BCUT2D eigenvalue weighted by Crippen LogP contribution is -2.14. The number of nitrogens with one attached hydrogen (secondary N) is 1. The topological polar surface area (TPSA) is 90.7 Å². The van der Waals surface area contributed by atoms with Crippen LogP contribution in [0.4, 0.5) is 5.69 Å². The van der Waals surface area contributed by atoms with Crippen LogP contribution in [0.1, 0.15) is 11.3 Å². The van der Waals surface area contributed by atoms with E-state index in [-0.39, 0.29) is 4.90 Å². The first-order valence-electron chi connectivity index (χ1n) is 8.12. The molecule has 0 spiro atoms. The van der Waals surface area contributed by atoms with E-state index in [9.17, 15) is 8.42 Å². The fourth-order valence-electron chi connectivity index (χ4n) is 2.68. The molecule has 27 heavy (non-hydrogen) atoms. The summed E-state index contributed by atoms with van der Waals surface area (Å²) in [6.07, 6.45) is 0. The third kappa shape index (κ3) is 4.06. The molecule has 7 nitrogen and oxygen atoms in total. The minimum Gasteiger partial charge on any atom is -0.497 e. The van der Waals surface area contributed by atoms with E-state index in [2.05, 4.69) is 9.88 Å². The molecule has 0 atom stereocenters. The lowest BCUT2D eigenvalue weighted by atomic mass is 10.1. The summed E-state index contributed by atoms with van der Waals surface area (Å²) in [4.78, 5) is 0.171. The summed E-state index contributed by atoms with van der Waals surface area (Å²) in [7, 11) is -0.793. The molecule has 1 N–H and O–H groups in total. The number of hydrogen-bond acceptors (Lipinski definition) is 6. The first-order chi connectivity index (χ1) is 12.8. The highest BCUT2D eigenvalue weighted by Crippen LogP contribution is 2.29. The van der Waals surface area contributed by atoms with Crippen molar-refractivity contribution >= 4 is 15.7 Å². The molecule has 3 aromatic rings. The third-order valence-electron chi connectivity index (χ3n) is 3.98. The summed E-state index contributed by atoms with van der Waals surface area (Å²) in [5.41, 5.74) is 2.45. The molecule has 0 saturated carbocycles. The molecule has 0 unspecified atom stereocenters. The number of hydrogen-bond donors (Lipinski definition) is 1. The first kappa shape index (κ1) is 18.8. The molecule has 0 amide bonds. The molecule has 1 heterocycles. The predicted molar refractivity (Wildman–Crippen MR) is 102 cm³/mol. The Morgan fingerprint density at radius 2 is 1.63 bits per heavy atom. The second-order valence-electron chi connectivity index (χ2n) is 6.02. The van der Waals surface area contributed by atoms with Crippen molar-refractivity contribution in [3.8, 4) is 22.8 Å². The molecule has 1 aromatic heterocycles. The molecule has 0 radical (unpaired) electrons. The van der Waals surface area contributed by atoms with Gasteiger partial charge in [0, 0.05) is 29.8 Å². The number of rotatable bonds is 6. The van der Waals surface area contributed by atoms with E-state index in [0.717, 1.165) is 11.3 Å². The van der Waals surface area contributed by atoms with Crippen LogP contribution < -0.4 is 14.2 Å². The van der Waals surface area contributed by atoms with Gasteiger partial charge < -0.3 is 14.0 Å². The van der Waals surface area contributed by atoms with E-state index in [1.54, 1.807) is 49.4 Å². The minimum absolute atomic E-state index is 0.171. The molecule has 8 heteroatoms. The van der Waals surface area contributed by atoms with E-state index in [0.29, 0.717) is 28.5 Å². The standard InChI is InChI=1S/C19H20N2O5S/c1-12-7-14(18-8-13(2)20-26-18)5-6-19(12)27(22,23)21-15-9-16(24-3)11-17(10-15)25-4/h5-11,21H,1-4H3. The number of sulfonamides is 1. The van der Waals surface area contributed by atoms with Gasteiger partial charge in [-0.25, -0.2) is 8.42 Å². The van der Waals surface area contributed by atoms with E-state index in [1.165, 1.54) is 14.2 Å². The van der Waals surface area contributed by atoms with Crippen molar-refractivity contribution in [2.45, 2.75) is 18.7 Å². The third-order valence-corrected chi connectivity index (χ3v) is 5.52. The van der Waals surface area contributed by atoms with Gasteiger partial charge in [0.1, 0.15) is 11.5 Å². The monoisotopic (exact) mass is 388 g/mol. The van der Waals surface area contributed by atoms with Gasteiger partial charge in [-0.05, 0) is 37.6 Å². The number of anilines is 1. The maximum absolute atomic E-state index is 12.8. The number of nitrogens with zero attached hydrogens (tertiary/aromatic N) is 1. The summed E-state index contributed by atoms with van der Waals surface area (Å²) >= 11 is 0. The van der Waals surface area contributed by atoms with Crippen molar-refractivity contribution in [3.05, 3.63) is 53.7 Å². The average molecular weight is 388 g/mol. The van der Waals surface area contributed by atoms with Crippen molar-refractivity contribution in [1.82, 2.24) is 5.16 Å². The van der Waals surface area contributed by atoms with Crippen LogP contribution in [0.2, 0.25) is 0 Å². The van der Waals surface area contributed by atoms with Crippen LogP contribution in [0, 0.1) is 13.8 Å². The summed E-state index contributed by atoms with van der Waals surface area (Å²) in [6, 6.07) is 11.6. The Balaban J connectivity index is 1.93. The number of aryl methyl sites for hydroxylation is 2.